The van der Waals surface area contributed by atoms with Gasteiger partial charge in [-0.1, -0.05) is 0 Å². The van der Waals surface area contributed by atoms with Gasteiger partial charge in [0.05, 0.1) is 5.92 Å². The number of pyridine rings is 1. The molecule has 3 N–H and O–H groups in total. The first-order chi connectivity index (χ1) is 8.69. The van der Waals surface area contributed by atoms with Gasteiger partial charge in [-0.2, -0.15) is 0 Å². The van der Waals surface area contributed by atoms with Gasteiger partial charge in [0.1, 0.15) is 5.82 Å². The van der Waals surface area contributed by atoms with Crippen LogP contribution >= 0.6 is 0 Å². The second-order valence-electron chi connectivity index (χ2n) is 4.78. The summed E-state index contributed by atoms with van der Waals surface area (Å²) in [6.45, 7) is 2.65. The Hall–Kier alpha value is -1.62. The molecule has 2 heterocycles. The molecule has 5 heteroatoms. The topological polar surface area (TPSA) is 71.2 Å². The minimum absolute atomic E-state index is 0.00403. The predicted octanol–water partition coefficient (Wildman–Crippen LogP) is 0.821. The number of hydrogen-bond acceptors (Lipinski definition) is 4. The van der Waals surface area contributed by atoms with E-state index in [0.717, 1.165) is 38.3 Å². The molecule has 1 amide bonds. The van der Waals surface area contributed by atoms with Crippen molar-refractivity contribution < 1.29 is 4.79 Å². The molecule has 0 radical (unpaired) electrons. The van der Waals surface area contributed by atoms with Gasteiger partial charge in [0.2, 0.25) is 5.91 Å². The Morgan fingerprint density at radius 1 is 1.67 bits per heavy atom. The molecule has 5 nitrogen and oxygen atoms in total. The fraction of sp³-hybridized carbons (Fsp3) is 0.538. The third-order valence-electron chi connectivity index (χ3n) is 3.39. The normalized spacial score (nSPS) is 20.6. The zero-order valence-corrected chi connectivity index (χ0v) is 10.7. The van der Waals surface area contributed by atoms with Crippen LogP contribution < -0.4 is 11.1 Å². The lowest BCUT2D eigenvalue weighted by atomic mass is 9.97. The van der Waals surface area contributed by atoms with E-state index < -0.39 is 0 Å². The Morgan fingerprint density at radius 2 is 2.50 bits per heavy atom. The molecular formula is C13H20N4O. The molecule has 1 aliphatic heterocycles. The van der Waals surface area contributed by atoms with Gasteiger partial charge in [-0.25, -0.2) is 4.98 Å². The van der Waals surface area contributed by atoms with Crippen molar-refractivity contribution in [1.82, 2.24) is 9.88 Å². The van der Waals surface area contributed by atoms with Crippen molar-refractivity contribution in [2.24, 2.45) is 11.7 Å². The highest BCUT2D eigenvalue weighted by atomic mass is 16.1. The number of hydrogen-bond donors (Lipinski definition) is 2. The van der Waals surface area contributed by atoms with Gasteiger partial charge in [-0.3, -0.25) is 9.69 Å². The number of aromatic nitrogens is 1. The summed E-state index contributed by atoms with van der Waals surface area (Å²) in [7, 11) is 1.86. The molecule has 0 bridgehead atoms. The molecule has 0 aliphatic carbocycles. The average Bonchev–Trinajstić information content (AvgIpc) is 2.39. The number of likely N-dealkylation sites (tertiary alicyclic amines) is 1. The number of rotatable bonds is 4. The molecule has 0 saturated carbocycles. The van der Waals surface area contributed by atoms with Crippen molar-refractivity contribution >= 4 is 11.7 Å². The van der Waals surface area contributed by atoms with Crippen LogP contribution in [-0.4, -0.2) is 35.9 Å². The van der Waals surface area contributed by atoms with E-state index in [0.29, 0.717) is 0 Å². The molecule has 1 aromatic heterocycles. The maximum absolute atomic E-state index is 11.2. The Balaban J connectivity index is 1.97. The second kappa shape index (κ2) is 5.82. The van der Waals surface area contributed by atoms with Crippen molar-refractivity contribution in [2.45, 2.75) is 19.4 Å². The zero-order chi connectivity index (χ0) is 13.0. The van der Waals surface area contributed by atoms with Crippen LogP contribution in [0, 0.1) is 5.92 Å². The Labute approximate surface area is 107 Å². The number of carbonyl (C=O) groups excluding carboxylic acids is 1. The first-order valence-electron chi connectivity index (χ1n) is 6.33. The van der Waals surface area contributed by atoms with E-state index in [1.807, 2.05) is 19.2 Å². The van der Waals surface area contributed by atoms with E-state index in [-0.39, 0.29) is 11.8 Å². The van der Waals surface area contributed by atoms with Crippen LogP contribution in [0.15, 0.2) is 18.3 Å². The summed E-state index contributed by atoms with van der Waals surface area (Å²) in [4.78, 5) is 17.7. The summed E-state index contributed by atoms with van der Waals surface area (Å²) in [6.07, 6.45) is 3.76. The Kier molecular flexibility index (Phi) is 4.15. The van der Waals surface area contributed by atoms with Gasteiger partial charge < -0.3 is 11.1 Å². The Bertz CT molecular complexity index is 421. The monoisotopic (exact) mass is 248 g/mol. The van der Waals surface area contributed by atoms with Gasteiger partial charge in [0.15, 0.2) is 0 Å². The lowest BCUT2D eigenvalue weighted by Crippen LogP contribution is -2.40. The second-order valence-corrected chi connectivity index (χ2v) is 4.78. The lowest BCUT2D eigenvalue weighted by Gasteiger charge is -2.31. The molecule has 1 atom stereocenters. The minimum Gasteiger partial charge on any atom is -0.373 e. The summed E-state index contributed by atoms with van der Waals surface area (Å²) in [5.74, 6) is 0.700. The summed E-state index contributed by atoms with van der Waals surface area (Å²) < 4.78 is 0. The van der Waals surface area contributed by atoms with Crippen LogP contribution in [0.3, 0.4) is 0 Å². The number of primary amides is 1. The smallest absolute Gasteiger partial charge is 0.221 e. The number of nitrogens with one attached hydrogen (secondary N) is 1. The molecule has 0 aromatic carbocycles. The van der Waals surface area contributed by atoms with Crippen molar-refractivity contribution in [1.29, 1.82) is 0 Å². The van der Waals surface area contributed by atoms with Gasteiger partial charge in [-0.05, 0) is 37.1 Å². The molecule has 1 aromatic rings. The van der Waals surface area contributed by atoms with E-state index in [1.165, 1.54) is 5.56 Å². The molecule has 1 aliphatic rings. The molecule has 98 valence electrons. The van der Waals surface area contributed by atoms with E-state index in [1.54, 1.807) is 6.20 Å². The van der Waals surface area contributed by atoms with Crippen LogP contribution in [0.4, 0.5) is 5.82 Å². The van der Waals surface area contributed by atoms with E-state index in [4.69, 9.17) is 5.73 Å². The SMILES string of the molecule is CNc1cc(CN2CCCC(C(N)=O)C2)ccn1. The highest BCUT2D eigenvalue weighted by molar-refractivity contribution is 5.76. The molecule has 1 fully saturated rings. The first-order valence-corrected chi connectivity index (χ1v) is 6.33. The summed E-state index contributed by atoms with van der Waals surface area (Å²) in [5.41, 5.74) is 6.59. The molecule has 0 spiro atoms. The number of piperidine rings is 1. The quantitative estimate of drug-likeness (QED) is 0.827. The van der Waals surface area contributed by atoms with Gasteiger partial charge in [-0.15, -0.1) is 0 Å². The van der Waals surface area contributed by atoms with E-state index in [9.17, 15) is 4.79 Å². The van der Waals surface area contributed by atoms with Gasteiger partial charge >= 0.3 is 0 Å². The number of amides is 1. The first kappa shape index (κ1) is 12.8. The predicted molar refractivity (Wildman–Crippen MR) is 71.0 cm³/mol. The molecular weight excluding hydrogens is 228 g/mol. The summed E-state index contributed by atoms with van der Waals surface area (Å²) >= 11 is 0. The van der Waals surface area contributed by atoms with Gasteiger partial charge in [0.25, 0.3) is 0 Å². The van der Waals surface area contributed by atoms with Crippen molar-refractivity contribution in [2.75, 3.05) is 25.5 Å². The Morgan fingerprint density at radius 3 is 3.22 bits per heavy atom. The number of nitrogens with zero attached hydrogens (tertiary/aromatic N) is 2. The molecule has 1 saturated heterocycles. The highest BCUT2D eigenvalue weighted by Crippen LogP contribution is 2.18. The van der Waals surface area contributed by atoms with Gasteiger partial charge in [0, 0.05) is 26.3 Å². The number of carbonyl (C=O) groups is 1. The fourth-order valence-electron chi connectivity index (χ4n) is 2.40. The van der Waals surface area contributed by atoms with Crippen LogP contribution in [-0.2, 0) is 11.3 Å². The molecule has 2 rings (SSSR count). The minimum atomic E-state index is -0.176. The third kappa shape index (κ3) is 3.20. The van der Waals surface area contributed by atoms with E-state index >= 15 is 0 Å². The number of anilines is 1. The standard InChI is InChI=1S/C13H20N4O/c1-15-12-7-10(4-5-16-12)8-17-6-2-3-11(9-17)13(14)18/h4-5,7,11H,2-3,6,8-9H2,1H3,(H2,14,18)(H,15,16). The maximum Gasteiger partial charge on any atom is 0.221 e. The van der Waals surface area contributed by atoms with Crippen LogP contribution in [0.5, 0.6) is 0 Å². The van der Waals surface area contributed by atoms with E-state index in [2.05, 4.69) is 15.2 Å². The van der Waals surface area contributed by atoms with Crippen LogP contribution in [0.25, 0.3) is 0 Å². The number of nitrogens with two attached hydrogens (primary N) is 1. The largest absolute Gasteiger partial charge is 0.373 e. The summed E-state index contributed by atoms with van der Waals surface area (Å²) in [6, 6.07) is 4.04. The lowest BCUT2D eigenvalue weighted by molar-refractivity contribution is -0.123. The van der Waals surface area contributed by atoms with Crippen molar-refractivity contribution in [3.63, 3.8) is 0 Å². The van der Waals surface area contributed by atoms with Crippen LogP contribution in [0.2, 0.25) is 0 Å². The zero-order valence-electron chi connectivity index (χ0n) is 10.7. The highest BCUT2D eigenvalue weighted by Gasteiger charge is 2.23. The summed E-state index contributed by atoms with van der Waals surface area (Å²) in [5, 5.41) is 3.03. The molecule has 18 heavy (non-hydrogen) atoms. The average molecular weight is 248 g/mol. The maximum atomic E-state index is 11.2. The third-order valence-corrected chi connectivity index (χ3v) is 3.39. The van der Waals surface area contributed by atoms with Crippen molar-refractivity contribution in [3.05, 3.63) is 23.9 Å². The molecule has 1 unspecified atom stereocenters. The fourth-order valence-corrected chi connectivity index (χ4v) is 2.40. The van der Waals surface area contributed by atoms with Crippen LogP contribution in [0.1, 0.15) is 18.4 Å². The van der Waals surface area contributed by atoms with Crippen molar-refractivity contribution in [3.8, 4) is 0 Å².